The molecule has 0 spiro atoms. The highest BCUT2D eigenvalue weighted by Crippen LogP contribution is 2.40. The lowest BCUT2D eigenvalue weighted by molar-refractivity contribution is -0.167. The van der Waals surface area contributed by atoms with Crippen molar-refractivity contribution < 1.29 is 29.0 Å². The van der Waals surface area contributed by atoms with Gasteiger partial charge in [-0.25, -0.2) is 0 Å². The number of carboxylic acids is 1. The van der Waals surface area contributed by atoms with E-state index in [0.29, 0.717) is 16.8 Å². The van der Waals surface area contributed by atoms with E-state index in [1.807, 2.05) is 30.3 Å². The highest BCUT2D eigenvalue weighted by molar-refractivity contribution is 5.98. The van der Waals surface area contributed by atoms with Crippen LogP contribution in [0.4, 0.5) is 0 Å². The number of benzene rings is 2. The Morgan fingerprint density at radius 1 is 1.00 bits per heavy atom. The maximum absolute atomic E-state index is 13.2. The first-order valence-corrected chi connectivity index (χ1v) is 10.9. The molecule has 0 aliphatic carbocycles. The molecule has 3 aromatic rings. The third kappa shape index (κ3) is 5.61. The molecule has 33 heavy (non-hydrogen) atoms. The van der Waals surface area contributed by atoms with E-state index in [1.165, 1.54) is 0 Å². The van der Waals surface area contributed by atoms with Crippen LogP contribution in [0.1, 0.15) is 50.4 Å². The fourth-order valence-corrected chi connectivity index (χ4v) is 4.00. The van der Waals surface area contributed by atoms with E-state index in [4.69, 9.17) is 9.47 Å². The molecule has 7 heteroatoms. The average molecular weight is 452 g/mol. The van der Waals surface area contributed by atoms with Crippen molar-refractivity contribution in [1.29, 1.82) is 0 Å². The quantitative estimate of drug-likeness (QED) is 0.387. The van der Waals surface area contributed by atoms with E-state index in [1.54, 1.807) is 52.0 Å². The van der Waals surface area contributed by atoms with Gasteiger partial charge >= 0.3 is 17.9 Å². The summed E-state index contributed by atoms with van der Waals surface area (Å²) in [6.07, 6.45) is -0.0815. The molecule has 2 aromatic carbocycles. The van der Waals surface area contributed by atoms with E-state index in [9.17, 15) is 19.5 Å². The smallest absolute Gasteiger partial charge is 0.321 e. The normalized spacial score (nSPS) is 13.3. The summed E-state index contributed by atoms with van der Waals surface area (Å²) in [5.74, 6) is -4.99. The molecular formula is C26H29NO6. The Kier molecular flexibility index (Phi) is 7.21. The van der Waals surface area contributed by atoms with Gasteiger partial charge in [-0.2, -0.15) is 0 Å². The van der Waals surface area contributed by atoms with Gasteiger partial charge in [-0.05, 0) is 44.9 Å². The number of hydrogen-bond acceptors (Lipinski definition) is 5. The number of aliphatic carboxylic acids is 1. The first kappa shape index (κ1) is 24.0. The summed E-state index contributed by atoms with van der Waals surface area (Å²) in [6, 6.07) is 16.3. The van der Waals surface area contributed by atoms with E-state index < -0.39 is 35.3 Å². The van der Waals surface area contributed by atoms with Gasteiger partial charge < -0.3 is 19.6 Å². The lowest BCUT2D eigenvalue weighted by Gasteiger charge is -2.28. The monoisotopic (exact) mass is 451 g/mol. The van der Waals surface area contributed by atoms with E-state index in [2.05, 4.69) is 4.98 Å². The van der Waals surface area contributed by atoms with Crippen molar-refractivity contribution in [3.05, 3.63) is 71.4 Å². The Balaban J connectivity index is 2.26. The highest BCUT2D eigenvalue weighted by atomic mass is 16.6. The number of hydrogen-bond donors (Lipinski definition) is 2. The number of ether oxygens (including phenoxy) is 2. The van der Waals surface area contributed by atoms with Crippen molar-refractivity contribution in [2.24, 2.45) is 5.92 Å². The SMILES string of the molecule is CCOC(=O)Cc1[nH]c2ccccc2c1C(c1ccccc1)C(C(=O)O)C(=O)OC(C)(C)C. The summed E-state index contributed by atoms with van der Waals surface area (Å²) < 4.78 is 10.6. The molecule has 0 aliphatic heterocycles. The van der Waals surface area contributed by atoms with Crippen molar-refractivity contribution >= 4 is 28.8 Å². The van der Waals surface area contributed by atoms with Crippen molar-refractivity contribution in [2.45, 2.75) is 45.6 Å². The third-order valence-electron chi connectivity index (χ3n) is 5.18. The number of nitrogens with one attached hydrogen (secondary N) is 1. The Hall–Kier alpha value is -3.61. The van der Waals surface area contributed by atoms with E-state index >= 15 is 0 Å². The lowest BCUT2D eigenvalue weighted by Crippen LogP contribution is -2.37. The van der Waals surface area contributed by atoms with Gasteiger partial charge in [0, 0.05) is 22.5 Å². The Morgan fingerprint density at radius 3 is 2.24 bits per heavy atom. The van der Waals surface area contributed by atoms with Gasteiger partial charge in [-0.3, -0.25) is 14.4 Å². The number of fused-ring (bicyclic) bond motifs is 1. The zero-order chi connectivity index (χ0) is 24.2. The molecule has 2 atom stereocenters. The fraction of sp³-hybridized carbons (Fsp3) is 0.346. The number of carbonyl (C=O) groups is 3. The topological polar surface area (TPSA) is 106 Å². The number of aromatic amines is 1. The minimum atomic E-state index is -1.52. The second-order valence-electron chi connectivity index (χ2n) is 8.78. The summed E-state index contributed by atoms with van der Waals surface area (Å²) in [7, 11) is 0. The molecule has 174 valence electrons. The molecule has 0 amide bonds. The van der Waals surface area contributed by atoms with E-state index in [0.717, 1.165) is 10.9 Å². The van der Waals surface area contributed by atoms with Crippen molar-refractivity contribution in [3.63, 3.8) is 0 Å². The van der Waals surface area contributed by atoms with Crippen LogP contribution in [0.3, 0.4) is 0 Å². The second kappa shape index (κ2) is 9.90. The number of para-hydroxylation sites is 1. The summed E-state index contributed by atoms with van der Waals surface area (Å²) in [6.45, 7) is 7.03. The van der Waals surface area contributed by atoms with Gasteiger partial charge in [-0.1, -0.05) is 48.5 Å². The van der Waals surface area contributed by atoms with Gasteiger partial charge in [0.05, 0.1) is 13.0 Å². The van der Waals surface area contributed by atoms with Gasteiger partial charge in [0.2, 0.25) is 0 Å². The van der Waals surface area contributed by atoms with Crippen LogP contribution >= 0.6 is 0 Å². The van der Waals surface area contributed by atoms with Crippen LogP contribution in [0.25, 0.3) is 10.9 Å². The molecule has 0 saturated carbocycles. The lowest BCUT2D eigenvalue weighted by atomic mass is 9.78. The number of carboxylic acid groups (broad SMARTS) is 1. The first-order valence-electron chi connectivity index (χ1n) is 10.9. The van der Waals surface area contributed by atoms with Crippen LogP contribution in [0.2, 0.25) is 0 Å². The molecule has 0 aliphatic rings. The van der Waals surface area contributed by atoms with E-state index in [-0.39, 0.29) is 13.0 Å². The number of aromatic nitrogens is 1. The van der Waals surface area contributed by atoms with Crippen molar-refractivity contribution in [2.75, 3.05) is 6.61 Å². The van der Waals surface area contributed by atoms with Gasteiger partial charge in [0.25, 0.3) is 0 Å². The largest absolute Gasteiger partial charge is 0.481 e. The summed E-state index contributed by atoms with van der Waals surface area (Å²) in [4.78, 5) is 41.3. The van der Waals surface area contributed by atoms with Crippen molar-refractivity contribution in [3.8, 4) is 0 Å². The maximum atomic E-state index is 13.2. The van der Waals surface area contributed by atoms with Crippen LogP contribution < -0.4 is 0 Å². The Bertz CT molecular complexity index is 1140. The minimum Gasteiger partial charge on any atom is -0.481 e. The molecule has 2 N–H and O–H groups in total. The highest BCUT2D eigenvalue weighted by Gasteiger charge is 2.42. The number of esters is 2. The summed E-state index contributed by atoms with van der Waals surface area (Å²) >= 11 is 0. The van der Waals surface area contributed by atoms with Crippen LogP contribution in [-0.4, -0.2) is 40.2 Å². The Labute approximate surface area is 192 Å². The number of rotatable bonds is 8. The molecule has 1 heterocycles. The van der Waals surface area contributed by atoms with Gasteiger partial charge in [0.1, 0.15) is 5.60 Å². The predicted octanol–water partition coefficient (Wildman–Crippen LogP) is 4.45. The van der Waals surface area contributed by atoms with Gasteiger partial charge in [-0.15, -0.1) is 0 Å². The summed E-state index contributed by atoms with van der Waals surface area (Å²) in [5, 5.41) is 10.9. The predicted molar refractivity (Wildman–Crippen MR) is 124 cm³/mol. The number of carbonyl (C=O) groups excluding carboxylic acids is 2. The first-order chi connectivity index (χ1) is 15.6. The third-order valence-corrected chi connectivity index (χ3v) is 5.18. The van der Waals surface area contributed by atoms with Crippen LogP contribution in [0, 0.1) is 5.92 Å². The van der Waals surface area contributed by atoms with Crippen molar-refractivity contribution in [1.82, 2.24) is 4.98 Å². The van der Waals surface area contributed by atoms with Crippen LogP contribution in [-0.2, 0) is 30.3 Å². The maximum Gasteiger partial charge on any atom is 0.321 e. The van der Waals surface area contributed by atoms with Crippen LogP contribution in [0.5, 0.6) is 0 Å². The minimum absolute atomic E-state index is 0.0815. The molecule has 0 fully saturated rings. The molecule has 0 saturated heterocycles. The molecule has 3 rings (SSSR count). The molecule has 0 radical (unpaired) electrons. The standard InChI is InChI=1S/C26H29NO6/c1-5-32-20(28)15-19-22(17-13-9-10-14-18(17)27-19)21(16-11-7-6-8-12-16)23(24(29)30)25(31)33-26(2,3)4/h6-14,21,23,27H,5,15H2,1-4H3,(H,29,30). The molecular weight excluding hydrogens is 422 g/mol. The number of H-pyrrole nitrogens is 1. The zero-order valence-electron chi connectivity index (χ0n) is 19.3. The molecule has 7 nitrogen and oxygen atoms in total. The fourth-order valence-electron chi connectivity index (χ4n) is 4.00. The van der Waals surface area contributed by atoms with Gasteiger partial charge in [0.15, 0.2) is 5.92 Å². The van der Waals surface area contributed by atoms with Crippen LogP contribution in [0.15, 0.2) is 54.6 Å². The Morgan fingerprint density at radius 2 is 1.64 bits per heavy atom. The zero-order valence-corrected chi connectivity index (χ0v) is 19.3. The summed E-state index contributed by atoms with van der Waals surface area (Å²) in [5.41, 5.74) is 1.59. The molecule has 2 unspecified atom stereocenters. The second-order valence-corrected chi connectivity index (χ2v) is 8.78. The average Bonchev–Trinajstić information content (AvgIpc) is 3.08. The molecule has 0 bridgehead atoms. The molecule has 1 aromatic heterocycles.